The first-order valence-corrected chi connectivity index (χ1v) is 10.1. The zero-order valence-electron chi connectivity index (χ0n) is 16.0. The van der Waals surface area contributed by atoms with Crippen LogP contribution in [0.5, 0.6) is 0 Å². The molecular formula is C21H24N2O4S. The van der Waals surface area contributed by atoms with Gasteiger partial charge < -0.3 is 16.2 Å². The van der Waals surface area contributed by atoms with Gasteiger partial charge in [-0.3, -0.25) is 14.4 Å². The van der Waals surface area contributed by atoms with E-state index in [4.69, 9.17) is 5.73 Å². The molecule has 1 saturated carbocycles. The summed E-state index contributed by atoms with van der Waals surface area (Å²) in [7, 11) is 0. The Morgan fingerprint density at radius 1 is 1.07 bits per heavy atom. The lowest BCUT2D eigenvalue weighted by atomic mass is 9.78. The second-order valence-electron chi connectivity index (χ2n) is 7.29. The van der Waals surface area contributed by atoms with Crippen LogP contribution < -0.4 is 11.1 Å². The Morgan fingerprint density at radius 3 is 2.25 bits per heavy atom. The second kappa shape index (κ2) is 8.14. The lowest BCUT2D eigenvalue weighted by molar-refractivity contribution is -0.147. The summed E-state index contributed by atoms with van der Waals surface area (Å²) in [4.78, 5) is 37.4. The fourth-order valence-electron chi connectivity index (χ4n) is 3.88. The highest BCUT2D eigenvalue weighted by molar-refractivity contribution is 7.17. The van der Waals surface area contributed by atoms with Crippen molar-refractivity contribution >= 4 is 34.1 Å². The number of rotatable bonds is 5. The van der Waals surface area contributed by atoms with Crippen molar-refractivity contribution in [3.05, 3.63) is 40.3 Å². The highest BCUT2D eigenvalue weighted by atomic mass is 32.1. The molecule has 3 rings (SSSR count). The Balaban J connectivity index is 1.95. The van der Waals surface area contributed by atoms with Crippen molar-refractivity contribution in [2.45, 2.75) is 39.5 Å². The van der Waals surface area contributed by atoms with Crippen molar-refractivity contribution in [2.24, 2.45) is 17.6 Å². The van der Waals surface area contributed by atoms with Crippen LogP contribution in [0.15, 0.2) is 24.3 Å². The molecule has 0 spiro atoms. The summed E-state index contributed by atoms with van der Waals surface area (Å²) in [6, 6.07) is 7.75. The molecule has 1 fully saturated rings. The number of aryl methyl sites for hydroxylation is 2. The molecule has 0 bridgehead atoms. The zero-order valence-corrected chi connectivity index (χ0v) is 16.8. The summed E-state index contributed by atoms with van der Waals surface area (Å²) in [6.07, 6.45) is 2.66. The molecule has 1 aromatic carbocycles. The molecule has 0 saturated heterocycles. The number of primary amides is 1. The number of amides is 2. The van der Waals surface area contributed by atoms with Gasteiger partial charge in [0, 0.05) is 10.4 Å². The minimum absolute atomic E-state index is 0.280. The largest absolute Gasteiger partial charge is 0.481 e. The number of aliphatic carboxylic acids is 1. The summed E-state index contributed by atoms with van der Waals surface area (Å²) in [6.45, 7) is 3.86. The van der Waals surface area contributed by atoms with Crippen molar-refractivity contribution < 1.29 is 19.5 Å². The van der Waals surface area contributed by atoms with Gasteiger partial charge in [-0.25, -0.2) is 0 Å². The molecule has 148 valence electrons. The van der Waals surface area contributed by atoms with Crippen LogP contribution in [-0.4, -0.2) is 22.9 Å². The van der Waals surface area contributed by atoms with Gasteiger partial charge >= 0.3 is 5.97 Å². The molecule has 28 heavy (non-hydrogen) atoms. The minimum Gasteiger partial charge on any atom is -0.481 e. The molecule has 1 aromatic heterocycles. The van der Waals surface area contributed by atoms with Gasteiger partial charge in [-0.1, -0.05) is 42.7 Å². The molecule has 2 atom stereocenters. The van der Waals surface area contributed by atoms with E-state index in [0.717, 1.165) is 28.8 Å². The third-order valence-electron chi connectivity index (χ3n) is 5.33. The summed E-state index contributed by atoms with van der Waals surface area (Å²) in [5.74, 6) is -3.21. The average molecular weight is 401 g/mol. The number of nitrogens with one attached hydrogen (secondary N) is 1. The number of carbonyl (C=O) groups excluding carboxylic acids is 2. The molecule has 2 amide bonds. The maximum absolute atomic E-state index is 12.8. The molecule has 0 aliphatic heterocycles. The van der Waals surface area contributed by atoms with Crippen LogP contribution >= 0.6 is 11.3 Å². The minimum atomic E-state index is -0.947. The molecule has 2 aromatic rings. The van der Waals surface area contributed by atoms with Gasteiger partial charge in [0.05, 0.1) is 17.4 Å². The molecule has 1 aliphatic carbocycles. The van der Waals surface area contributed by atoms with Crippen LogP contribution in [0.25, 0.3) is 11.1 Å². The van der Waals surface area contributed by atoms with Crippen molar-refractivity contribution in [1.82, 2.24) is 0 Å². The van der Waals surface area contributed by atoms with E-state index in [1.54, 1.807) is 0 Å². The average Bonchev–Trinajstić information content (AvgIpc) is 2.98. The summed E-state index contributed by atoms with van der Waals surface area (Å²) in [5.41, 5.74) is 8.60. The van der Waals surface area contributed by atoms with Gasteiger partial charge in [-0.15, -0.1) is 11.3 Å². The highest BCUT2D eigenvalue weighted by Gasteiger charge is 2.36. The highest BCUT2D eigenvalue weighted by Crippen LogP contribution is 2.40. The molecule has 1 aliphatic rings. The van der Waals surface area contributed by atoms with Gasteiger partial charge in [-0.2, -0.15) is 0 Å². The topological polar surface area (TPSA) is 109 Å². The third kappa shape index (κ3) is 3.94. The molecular weight excluding hydrogens is 376 g/mol. The van der Waals surface area contributed by atoms with E-state index in [0.29, 0.717) is 23.4 Å². The van der Waals surface area contributed by atoms with E-state index in [1.165, 1.54) is 11.3 Å². The fourth-order valence-corrected chi connectivity index (χ4v) is 4.97. The Hall–Kier alpha value is -2.67. The van der Waals surface area contributed by atoms with Crippen LogP contribution in [0.3, 0.4) is 0 Å². The predicted octanol–water partition coefficient (Wildman–Crippen LogP) is 3.96. The number of nitrogens with two attached hydrogens (primary N) is 1. The van der Waals surface area contributed by atoms with Gasteiger partial charge in [-0.05, 0) is 32.3 Å². The van der Waals surface area contributed by atoms with E-state index < -0.39 is 23.7 Å². The number of hydrogen-bond acceptors (Lipinski definition) is 4. The molecule has 7 heteroatoms. The Labute approximate surface area is 167 Å². The summed E-state index contributed by atoms with van der Waals surface area (Å²) in [5, 5.41) is 12.6. The summed E-state index contributed by atoms with van der Waals surface area (Å²) >= 11 is 1.29. The number of thiophene rings is 1. The third-order valence-corrected chi connectivity index (χ3v) is 6.35. The second-order valence-corrected chi connectivity index (χ2v) is 8.52. The number of anilines is 1. The van der Waals surface area contributed by atoms with E-state index in [1.807, 2.05) is 38.1 Å². The number of carboxylic acid groups (broad SMARTS) is 1. The SMILES string of the molecule is Cc1ccc(-c2c(C)sc(NC(=O)[C@@H]3CCCC[C@H]3C(=O)O)c2C(N)=O)cc1. The van der Waals surface area contributed by atoms with Gasteiger partial charge in [0.1, 0.15) is 5.00 Å². The van der Waals surface area contributed by atoms with Crippen LogP contribution in [0.1, 0.15) is 46.5 Å². The Kier molecular flexibility index (Phi) is 5.84. The standard InChI is InChI=1S/C21H24N2O4S/c1-11-7-9-13(10-8-11)16-12(2)28-20(17(16)18(22)24)23-19(25)14-5-3-4-6-15(14)21(26)27/h7-10,14-15H,3-6H2,1-2H3,(H2,22,24)(H,23,25)(H,26,27)/t14-,15-/m1/s1. The first-order chi connectivity index (χ1) is 13.3. The lowest BCUT2D eigenvalue weighted by Crippen LogP contribution is -2.36. The van der Waals surface area contributed by atoms with Crippen molar-refractivity contribution in [3.8, 4) is 11.1 Å². The maximum atomic E-state index is 12.8. The number of carbonyl (C=O) groups is 3. The van der Waals surface area contributed by atoms with Crippen LogP contribution in [0, 0.1) is 25.7 Å². The predicted molar refractivity (Wildman–Crippen MR) is 109 cm³/mol. The number of carboxylic acids is 1. The Bertz CT molecular complexity index is 917. The Morgan fingerprint density at radius 2 is 1.68 bits per heavy atom. The maximum Gasteiger partial charge on any atom is 0.307 e. The smallest absolute Gasteiger partial charge is 0.307 e. The monoisotopic (exact) mass is 400 g/mol. The van der Waals surface area contributed by atoms with E-state index >= 15 is 0 Å². The molecule has 1 heterocycles. The molecule has 0 unspecified atom stereocenters. The number of benzene rings is 1. The molecule has 4 N–H and O–H groups in total. The van der Waals surface area contributed by atoms with Crippen LogP contribution in [-0.2, 0) is 9.59 Å². The normalized spacial score (nSPS) is 19.2. The van der Waals surface area contributed by atoms with Crippen molar-refractivity contribution in [1.29, 1.82) is 0 Å². The van der Waals surface area contributed by atoms with Gasteiger partial charge in [0.15, 0.2) is 0 Å². The number of hydrogen-bond donors (Lipinski definition) is 3. The first kappa shape index (κ1) is 20.1. The lowest BCUT2D eigenvalue weighted by Gasteiger charge is -2.27. The fraction of sp³-hybridized carbons (Fsp3) is 0.381. The van der Waals surface area contributed by atoms with Gasteiger partial charge in [0.25, 0.3) is 5.91 Å². The van der Waals surface area contributed by atoms with E-state index in [-0.39, 0.29) is 11.5 Å². The summed E-state index contributed by atoms with van der Waals surface area (Å²) < 4.78 is 0. The zero-order chi connectivity index (χ0) is 20.4. The van der Waals surface area contributed by atoms with Crippen molar-refractivity contribution in [3.63, 3.8) is 0 Å². The van der Waals surface area contributed by atoms with Crippen molar-refractivity contribution in [2.75, 3.05) is 5.32 Å². The van der Waals surface area contributed by atoms with Gasteiger partial charge in [0.2, 0.25) is 5.91 Å². The quantitative estimate of drug-likeness (QED) is 0.705. The van der Waals surface area contributed by atoms with E-state index in [9.17, 15) is 19.5 Å². The van der Waals surface area contributed by atoms with Crippen LogP contribution in [0.2, 0.25) is 0 Å². The molecule has 0 radical (unpaired) electrons. The van der Waals surface area contributed by atoms with E-state index in [2.05, 4.69) is 5.32 Å². The van der Waals surface area contributed by atoms with Crippen LogP contribution in [0.4, 0.5) is 5.00 Å². The first-order valence-electron chi connectivity index (χ1n) is 9.33. The molecule has 6 nitrogen and oxygen atoms in total.